The molecular weight excluding hydrogens is 238 g/mol. The van der Waals surface area contributed by atoms with Gasteiger partial charge in [0.15, 0.2) is 0 Å². The van der Waals surface area contributed by atoms with Crippen LogP contribution in [0.25, 0.3) is 6.08 Å². The molecule has 1 aromatic heterocycles. The van der Waals surface area contributed by atoms with Crippen LogP contribution in [-0.4, -0.2) is 24.8 Å². The van der Waals surface area contributed by atoms with Crippen molar-refractivity contribution in [1.82, 2.24) is 4.98 Å². The van der Waals surface area contributed by atoms with Crippen molar-refractivity contribution in [3.05, 3.63) is 30.0 Å². The fourth-order valence-corrected chi connectivity index (χ4v) is 2.05. The third kappa shape index (κ3) is 5.03. The van der Waals surface area contributed by atoms with Crippen LogP contribution >= 0.6 is 0 Å². The van der Waals surface area contributed by atoms with Crippen molar-refractivity contribution in [3.8, 4) is 5.88 Å². The lowest BCUT2D eigenvalue weighted by atomic mass is 9.99. The van der Waals surface area contributed by atoms with Gasteiger partial charge < -0.3 is 9.47 Å². The van der Waals surface area contributed by atoms with Gasteiger partial charge >= 0.3 is 0 Å². The van der Waals surface area contributed by atoms with Gasteiger partial charge in [0.05, 0.1) is 6.61 Å². The number of pyridine rings is 1. The number of ether oxygens (including phenoxy) is 2. The molecule has 2 heterocycles. The third-order valence-electron chi connectivity index (χ3n) is 3.33. The minimum absolute atomic E-state index is 0.647. The summed E-state index contributed by atoms with van der Waals surface area (Å²) in [6, 6.07) is 4.00. The van der Waals surface area contributed by atoms with E-state index in [0.717, 1.165) is 56.9 Å². The van der Waals surface area contributed by atoms with Crippen LogP contribution in [0.4, 0.5) is 0 Å². The average Bonchev–Trinajstić information content (AvgIpc) is 2.48. The van der Waals surface area contributed by atoms with E-state index in [0.29, 0.717) is 5.92 Å². The number of rotatable bonds is 6. The Morgan fingerprint density at radius 1 is 1.37 bits per heavy atom. The lowest BCUT2D eigenvalue weighted by Gasteiger charge is -2.18. The molecule has 0 N–H and O–H groups in total. The molecule has 104 valence electrons. The molecule has 0 bridgehead atoms. The number of nitrogens with zero attached hydrogens (tertiary/aromatic N) is 1. The molecular formula is C16H23NO2. The van der Waals surface area contributed by atoms with E-state index in [9.17, 15) is 0 Å². The quantitative estimate of drug-likeness (QED) is 0.732. The third-order valence-corrected chi connectivity index (χ3v) is 3.33. The SMILES string of the molecule is CCCCOc1ccc(/C=C/C2CCOCC2)cn1. The molecule has 0 aromatic carbocycles. The molecule has 19 heavy (non-hydrogen) atoms. The Morgan fingerprint density at radius 2 is 2.21 bits per heavy atom. The standard InChI is InChI=1S/C16H23NO2/c1-2-3-10-19-16-7-6-15(13-17-16)5-4-14-8-11-18-12-9-14/h4-7,13-14H,2-3,8-12H2,1H3/b5-4+. The molecule has 3 heteroatoms. The van der Waals surface area contributed by atoms with Crippen LogP contribution in [0.1, 0.15) is 38.2 Å². The van der Waals surface area contributed by atoms with Crippen LogP contribution in [0.2, 0.25) is 0 Å². The molecule has 2 rings (SSSR count). The molecule has 1 aliphatic heterocycles. The van der Waals surface area contributed by atoms with Gasteiger partial charge in [-0.25, -0.2) is 4.98 Å². The normalized spacial score (nSPS) is 16.9. The van der Waals surface area contributed by atoms with Gasteiger partial charge in [-0.1, -0.05) is 25.5 Å². The van der Waals surface area contributed by atoms with Gasteiger partial charge in [-0.2, -0.15) is 0 Å². The zero-order chi connectivity index (χ0) is 13.3. The van der Waals surface area contributed by atoms with Crippen LogP contribution in [-0.2, 0) is 4.74 Å². The second-order valence-electron chi connectivity index (χ2n) is 4.94. The molecule has 0 atom stereocenters. The second kappa shape index (κ2) is 7.95. The monoisotopic (exact) mass is 261 g/mol. The second-order valence-corrected chi connectivity index (χ2v) is 4.94. The summed E-state index contributed by atoms with van der Waals surface area (Å²) in [6.07, 6.45) is 10.8. The first-order valence-electron chi connectivity index (χ1n) is 7.23. The maximum Gasteiger partial charge on any atom is 0.213 e. The van der Waals surface area contributed by atoms with E-state index in [1.807, 2.05) is 12.3 Å². The molecule has 1 fully saturated rings. The van der Waals surface area contributed by atoms with Gasteiger partial charge in [-0.3, -0.25) is 0 Å². The average molecular weight is 261 g/mol. The number of hydrogen-bond acceptors (Lipinski definition) is 3. The van der Waals surface area contributed by atoms with Gasteiger partial charge in [0, 0.05) is 25.5 Å². The number of aromatic nitrogens is 1. The summed E-state index contributed by atoms with van der Waals surface area (Å²) < 4.78 is 10.9. The smallest absolute Gasteiger partial charge is 0.213 e. The fraction of sp³-hybridized carbons (Fsp3) is 0.562. The first-order valence-corrected chi connectivity index (χ1v) is 7.23. The molecule has 1 aliphatic rings. The Morgan fingerprint density at radius 3 is 2.89 bits per heavy atom. The summed E-state index contributed by atoms with van der Waals surface area (Å²) in [5, 5.41) is 0. The summed E-state index contributed by atoms with van der Waals surface area (Å²) >= 11 is 0. The van der Waals surface area contributed by atoms with E-state index >= 15 is 0 Å². The summed E-state index contributed by atoms with van der Waals surface area (Å²) in [5.41, 5.74) is 1.13. The predicted molar refractivity (Wildman–Crippen MR) is 77.2 cm³/mol. The Bertz CT molecular complexity index is 380. The highest BCUT2D eigenvalue weighted by Gasteiger charge is 2.09. The minimum Gasteiger partial charge on any atom is -0.478 e. The molecule has 0 unspecified atom stereocenters. The van der Waals surface area contributed by atoms with E-state index in [4.69, 9.17) is 9.47 Å². The van der Waals surface area contributed by atoms with E-state index in [1.165, 1.54) is 0 Å². The molecule has 0 spiro atoms. The van der Waals surface area contributed by atoms with E-state index < -0.39 is 0 Å². The lowest BCUT2D eigenvalue weighted by molar-refractivity contribution is 0.0787. The van der Waals surface area contributed by atoms with E-state index in [-0.39, 0.29) is 0 Å². The van der Waals surface area contributed by atoms with Crippen LogP contribution in [0.5, 0.6) is 5.88 Å². The minimum atomic E-state index is 0.647. The fourth-order valence-electron chi connectivity index (χ4n) is 2.05. The molecule has 0 saturated carbocycles. The summed E-state index contributed by atoms with van der Waals surface area (Å²) in [7, 11) is 0. The maximum absolute atomic E-state index is 5.54. The van der Waals surface area contributed by atoms with Crippen LogP contribution < -0.4 is 4.74 Å². The molecule has 0 aliphatic carbocycles. The van der Waals surface area contributed by atoms with E-state index in [1.54, 1.807) is 0 Å². The van der Waals surface area contributed by atoms with Crippen molar-refractivity contribution < 1.29 is 9.47 Å². The maximum atomic E-state index is 5.54. The predicted octanol–water partition coefficient (Wildman–Crippen LogP) is 3.70. The summed E-state index contributed by atoms with van der Waals surface area (Å²) in [4.78, 5) is 4.32. The van der Waals surface area contributed by atoms with E-state index in [2.05, 4.69) is 30.1 Å². The Hall–Kier alpha value is -1.35. The Balaban J connectivity index is 1.82. The van der Waals surface area contributed by atoms with Gasteiger partial charge in [-0.15, -0.1) is 0 Å². The number of unbranched alkanes of at least 4 members (excludes halogenated alkanes) is 1. The van der Waals surface area contributed by atoms with Gasteiger partial charge in [0.2, 0.25) is 5.88 Å². The highest BCUT2D eigenvalue weighted by atomic mass is 16.5. The first kappa shape index (κ1) is 14.1. The molecule has 3 nitrogen and oxygen atoms in total. The van der Waals surface area contributed by atoms with Gasteiger partial charge in [0.1, 0.15) is 0 Å². The Labute approximate surface area is 115 Å². The first-order chi connectivity index (χ1) is 9.38. The van der Waals surface area contributed by atoms with Crippen LogP contribution in [0, 0.1) is 5.92 Å². The topological polar surface area (TPSA) is 31.4 Å². The number of hydrogen-bond donors (Lipinski definition) is 0. The molecule has 0 amide bonds. The van der Waals surface area contributed by atoms with Crippen molar-refractivity contribution in [3.63, 3.8) is 0 Å². The van der Waals surface area contributed by atoms with Crippen molar-refractivity contribution in [2.24, 2.45) is 5.92 Å². The summed E-state index contributed by atoms with van der Waals surface area (Å²) in [5.74, 6) is 1.37. The highest BCUT2D eigenvalue weighted by molar-refractivity contribution is 5.48. The zero-order valence-corrected chi connectivity index (χ0v) is 11.7. The molecule has 1 saturated heterocycles. The van der Waals surface area contributed by atoms with Crippen molar-refractivity contribution in [2.75, 3.05) is 19.8 Å². The van der Waals surface area contributed by atoms with Crippen molar-refractivity contribution in [1.29, 1.82) is 0 Å². The van der Waals surface area contributed by atoms with Crippen molar-refractivity contribution >= 4 is 6.08 Å². The zero-order valence-electron chi connectivity index (χ0n) is 11.7. The highest BCUT2D eigenvalue weighted by Crippen LogP contribution is 2.18. The van der Waals surface area contributed by atoms with Crippen LogP contribution in [0.3, 0.4) is 0 Å². The Kier molecular flexibility index (Phi) is 5.89. The molecule has 1 aromatic rings. The van der Waals surface area contributed by atoms with Gasteiger partial charge in [0.25, 0.3) is 0 Å². The lowest BCUT2D eigenvalue weighted by Crippen LogP contribution is -2.13. The van der Waals surface area contributed by atoms with Crippen LogP contribution in [0.15, 0.2) is 24.4 Å². The number of allylic oxidation sites excluding steroid dienone is 1. The largest absolute Gasteiger partial charge is 0.478 e. The molecule has 0 radical (unpaired) electrons. The van der Waals surface area contributed by atoms with Crippen molar-refractivity contribution in [2.45, 2.75) is 32.6 Å². The summed E-state index contributed by atoms with van der Waals surface area (Å²) in [6.45, 7) is 4.68. The van der Waals surface area contributed by atoms with Gasteiger partial charge in [-0.05, 0) is 36.8 Å².